The van der Waals surface area contributed by atoms with Gasteiger partial charge in [-0.25, -0.2) is 0 Å². The zero-order valence-corrected chi connectivity index (χ0v) is 13.8. The number of aliphatic carboxylic acids is 1. The van der Waals surface area contributed by atoms with Gasteiger partial charge in [-0.2, -0.15) is 0 Å². The molecule has 0 atom stereocenters. The Morgan fingerprint density at radius 3 is 2.68 bits per heavy atom. The van der Waals surface area contributed by atoms with Crippen molar-refractivity contribution in [2.45, 2.75) is 19.8 Å². The molecule has 0 radical (unpaired) electrons. The summed E-state index contributed by atoms with van der Waals surface area (Å²) in [6, 6.07) is 14.0. The summed E-state index contributed by atoms with van der Waals surface area (Å²) < 4.78 is 0.948. The van der Waals surface area contributed by atoms with Gasteiger partial charge in [0.2, 0.25) is 0 Å². The predicted octanol–water partition coefficient (Wildman–Crippen LogP) is 4.79. The number of H-pyrrole nitrogens is 1. The molecule has 0 amide bonds. The molecule has 0 saturated heterocycles. The molecule has 0 bridgehead atoms. The van der Waals surface area contributed by atoms with Crippen LogP contribution in [0.5, 0.6) is 0 Å². The number of carbonyl (C=O) groups is 1. The van der Waals surface area contributed by atoms with Gasteiger partial charge in [-0.3, -0.25) is 4.79 Å². The molecular weight excluding hydrogens is 342 g/mol. The fraction of sp³-hybridized carbons (Fsp3) is 0.167. The van der Waals surface area contributed by atoms with Crippen molar-refractivity contribution in [1.29, 1.82) is 0 Å². The van der Waals surface area contributed by atoms with Gasteiger partial charge in [0.05, 0.1) is 12.1 Å². The molecule has 2 aromatic carbocycles. The van der Waals surface area contributed by atoms with Crippen molar-refractivity contribution in [3.05, 3.63) is 58.1 Å². The van der Waals surface area contributed by atoms with E-state index in [1.54, 1.807) is 0 Å². The number of carboxylic acids is 1. The number of nitrogens with one attached hydrogen (secondary N) is 1. The Labute approximate surface area is 137 Å². The van der Waals surface area contributed by atoms with E-state index in [0.717, 1.165) is 38.6 Å². The molecule has 0 fully saturated rings. The van der Waals surface area contributed by atoms with E-state index in [4.69, 9.17) is 0 Å². The Hall–Kier alpha value is -2.07. The van der Waals surface area contributed by atoms with Crippen LogP contribution in [0.25, 0.3) is 22.2 Å². The van der Waals surface area contributed by atoms with Gasteiger partial charge in [-0.1, -0.05) is 47.1 Å². The smallest absolute Gasteiger partial charge is 0.307 e. The first-order chi connectivity index (χ1) is 10.6. The fourth-order valence-corrected chi connectivity index (χ4v) is 3.23. The van der Waals surface area contributed by atoms with Crippen LogP contribution in [0, 0.1) is 0 Å². The highest BCUT2D eigenvalue weighted by Crippen LogP contribution is 2.35. The highest BCUT2D eigenvalue weighted by atomic mass is 79.9. The molecule has 3 rings (SSSR count). The Balaban J connectivity index is 2.29. The fourth-order valence-electron chi connectivity index (χ4n) is 2.74. The second-order valence-corrected chi connectivity index (χ2v) is 6.12. The molecule has 112 valence electrons. The predicted molar refractivity (Wildman–Crippen MR) is 92.2 cm³/mol. The van der Waals surface area contributed by atoms with Crippen molar-refractivity contribution in [3.8, 4) is 11.3 Å². The van der Waals surface area contributed by atoms with E-state index in [2.05, 4.69) is 40.0 Å². The molecule has 0 aliphatic heterocycles. The monoisotopic (exact) mass is 357 g/mol. The molecule has 0 unspecified atom stereocenters. The third-order valence-electron chi connectivity index (χ3n) is 3.85. The van der Waals surface area contributed by atoms with Crippen LogP contribution in [0.4, 0.5) is 0 Å². The number of rotatable bonds is 4. The van der Waals surface area contributed by atoms with Crippen LogP contribution in [-0.4, -0.2) is 16.1 Å². The third-order valence-corrected chi connectivity index (χ3v) is 4.54. The van der Waals surface area contributed by atoms with Gasteiger partial charge in [-0.15, -0.1) is 0 Å². The summed E-state index contributed by atoms with van der Waals surface area (Å²) in [6.07, 6.45) is 0.932. The minimum absolute atomic E-state index is 0.00380. The topological polar surface area (TPSA) is 53.1 Å². The number of halogens is 1. The van der Waals surface area contributed by atoms with Crippen LogP contribution in [-0.2, 0) is 17.6 Å². The average Bonchev–Trinajstić information content (AvgIpc) is 2.85. The molecule has 0 saturated carbocycles. The lowest BCUT2D eigenvalue weighted by molar-refractivity contribution is -0.136. The summed E-state index contributed by atoms with van der Waals surface area (Å²) in [5, 5.41) is 10.3. The van der Waals surface area contributed by atoms with Crippen LogP contribution in [0.1, 0.15) is 18.1 Å². The summed E-state index contributed by atoms with van der Waals surface area (Å²) in [4.78, 5) is 14.7. The maximum atomic E-state index is 11.3. The maximum absolute atomic E-state index is 11.3. The largest absolute Gasteiger partial charge is 0.481 e. The van der Waals surface area contributed by atoms with E-state index in [1.165, 1.54) is 5.56 Å². The van der Waals surface area contributed by atoms with Crippen LogP contribution < -0.4 is 0 Å². The normalized spacial score (nSPS) is 11.0. The highest BCUT2D eigenvalue weighted by Gasteiger charge is 2.17. The van der Waals surface area contributed by atoms with Crippen molar-refractivity contribution < 1.29 is 9.90 Å². The zero-order chi connectivity index (χ0) is 15.7. The Morgan fingerprint density at radius 2 is 2.00 bits per heavy atom. The summed E-state index contributed by atoms with van der Waals surface area (Å²) >= 11 is 3.55. The van der Waals surface area contributed by atoms with Crippen molar-refractivity contribution in [1.82, 2.24) is 4.98 Å². The minimum atomic E-state index is -0.823. The summed E-state index contributed by atoms with van der Waals surface area (Å²) in [7, 11) is 0. The lowest BCUT2D eigenvalue weighted by Crippen LogP contribution is -2.01. The molecule has 0 aliphatic carbocycles. The molecular formula is C18H16BrNO2. The van der Waals surface area contributed by atoms with Gasteiger partial charge < -0.3 is 10.1 Å². The summed E-state index contributed by atoms with van der Waals surface area (Å²) in [6.45, 7) is 2.10. The molecule has 1 heterocycles. The summed E-state index contributed by atoms with van der Waals surface area (Å²) in [5.74, 6) is -0.823. The van der Waals surface area contributed by atoms with E-state index in [-0.39, 0.29) is 6.42 Å². The zero-order valence-electron chi connectivity index (χ0n) is 12.2. The van der Waals surface area contributed by atoms with Crippen molar-refractivity contribution in [2.75, 3.05) is 0 Å². The van der Waals surface area contributed by atoms with Gasteiger partial charge in [0.1, 0.15) is 0 Å². The van der Waals surface area contributed by atoms with Gasteiger partial charge in [-0.05, 0) is 35.7 Å². The second kappa shape index (κ2) is 5.97. The molecule has 4 heteroatoms. The number of hydrogen-bond acceptors (Lipinski definition) is 1. The van der Waals surface area contributed by atoms with Crippen molar-refractivity contribution >= 4 is 32.8 Å². The first-order valence-corrected chi connectivity index (χ1v) is 7.99. The minimum Gasteiger partial charge on any atom is -0.481 e. The average molecular weight is 358 g/mol. The number of carboxylic acid groups (broad SMARTS) is 1. The number of fused-ring (bicyclic) bond motifs is 1. The number of aryl methyl sites for hydroxylation is 1. The van der Waals surface area contributed by atoms with E-state index in [1.807, 2.05) is 30.3 Å². The molecule has 3 nitrogen and oxygen atoms in total. The molecule has 22 heavy (non-hydrogen) atoms. The van der Waals surface area contributed by atoms with Gasteiger partial charge in [0, 0.05) is 20.9 Å². The van der Waals surface area contributed by atoms with E-state index < -0.39 is 5.97 Å². The van der Waals surface area contributed by atoms with Crippen molar-refractivity contribution in [2.24, 2.45) is 0 Å². The molecule has 0 spiro atoms. The maximum Gasteiger partial charge on any atom is 0.307 e. The lowest BCUT2D eigenvalue weighted by atomic mass is 10.0. The lowest BCUT2D eigenvalue weighted by Gasteiger charge is -2.05. The first kappa shape index (κ1) is 14.9. The van der Waals surface area contributed by atoms with Crippen molar-refractivity contribution in [3.63, 3.8) is 0 Å². The van der Waals surface area contributed by atoms with Gasteiger partial charge in [0.25, 0.3) is 0 Å². The van der Waals surface area contributed by atoms with E-state index >= 15 is 0 Å². The van der Waals surface area contributed by atoms with Gasteiger partial charge in [0.15, 0.2) is 0 Å². The van der Waals surface area contributed by atoms with Crippen LogP contribution in [0.3, 0.4) is 0 Å². The second-order valence-electron chi connectivity index (χ2n) is 5.26. The molecule has 2 N–H and O–H groups in total. The van der Waals surface area contributed by atoms with Crippen LogP contribution >= 0.6 is 15.9 Å². The molecule has 0 aliphatic rings. The standard InChI is InChI=1S/C18H16BrNO2/c1-2-11-7-8-16-13(9-11)14(10-17(21)22)18(20-16)12-5-3-4-6-15(12)19/h3-9,20H,2,10H2,1H3,(H,21,22). The van der Waals surface area contributed by atoms with Crippen LogP contribution in [0.15, 0.2) is 46.9 Å². The third kappa shape index (κ3) is 2.66. The summed E-state index contributed by atoms with van der Waals surface area (Å²) in [5.41, 5.74) is 4.87. The molecule has 3 aromatic rings. The number of hydrogen-bond donors (Lipinski definition) is 2. The SMILES string of the molecule is CCc1ccc2[nH]c(-c3ccccc3Br)c(CC(=O)O)c2c1. The number of aromatic amines is 1. The van der Waals surface area contributed by atoms with E-state index in [9.17, 15) is 9.90 Å². The van der Waals surface area contributed by atoms with Gasteiger partial charge >= 0.3 is 5.97 Å². The Morgan fingerprint density at radius 1 is 1.23 bits per heavy atom. The molecule has 1 aromatic heterocycles. The Kier molecular flexibility index (Phi) is 4.03. The number of benzene rings is 2. The quantitative estimate of drug-likeness (QED) is 0.705. The Bertz CT molecular complexity index is 851. The number of aromatic nitrogens is 1. The first-order valence-electron chi connectivity index (χ1n) is 7.20. The van der Waals surface area contributed by atoms with Crippen LogP contribution in [0.2, 0.25) is 0 Å². The van der Waals surface area contributed by atoms with E-state index in [0.29, 0.717) is 0 Å². The highest BCUT2D eigenvalue weighted by molar-refractivity contribution is 9.10.